The molecule has 0 aliphatic rings. The molecule has 7 nitrogen and oxygen atoms in total. The van der Waals surface area contributed by atoms with Crippen LogP contribution in [0.5, 0.6) is 0 Å². The highest BCUT2D eigenvalue weighted by atomic mass is 35.5. The second kappa shape index (κ2) is 7.34. The van der Waals surface area contributed by atoms with E-state index in [9.17, 15) is 13.2 Å². The minimum atomic E-state index is -3.62. The van der Waals surface area contributed by atoms with E-state index in [4.69, 9.17) is 11.6 Å². The van der Waals surface area contributed by atoms with Crippen LogP contribution in [0.4, 0.5) is 0 Å². The van der Waals surface area contributed by atoms with Crippen LogP contribution in [0.3, 0.4) is 0 Å². The van der Waals surface area contributed by atoms with Gasteiger partial charge < -0.3 is 0 Å². The first-order valence-corrected chi connectivity index (χ1v) is 7.37. The van der Waals surface area contributed by atoms with Gasteiger partial charge in [0.05, 0.1) is 12.8 Å². The number of nitrogens with one attached hydrogen (secondary N) is 2. The van der Waals surface area contributed by atoms with Crippen LogP contribution in [0.1, 0.15) is 5.56 Å². The molecule has 1 aromatic rings. The van der Waals surface area contributed by atoms with Gasteiger partial charge in [-0.3, -0.25) is 4.79 Å². The number of carbonyl (C=O) groups excluding carboxylic acids is 1. The lowest BCUT2D eigenvalue weighted by Gasteiger charge is -2.11. The zero-order valence-electron chi connectivity index (χ0n) is 11.0. The molecule has 0 aliphatic heterocycles. The van der Waals surface area contributed by atoms with Gasteiger partial charge in [-0.1, -0.05) is 23.7 Å². The number of hydrazone groups is 1. The number of amides is 1. The third-order valence-electron chi connectivity index (χ3n) is 2.17. The number of hydrogen-bond donors (Lipinski definition) is 2. The van der Waals surface area contributed by atoms with Crippen LogP contribution in [-0.4, -0.2) is 45.5 Å². The Balaban J connectivity index is 2.42. The minimum Gasteiger partial charge on any atom is -0.272 e. The van der Waals surface area contributed by atoms with Gasteiger partial charge in [0, 0.05) is 19.1 Å². The molecule has 20 heavy (non-hydrogen) atoms. The Hall–Kier alpha value is -1.48. The van der Waals surface area contributed by atoms with Crippen LogP contribution >= 0.6 is 11.6 Å². The first-order valence-electron chi connectivity index (χ1n) is 5.56. The van der Waals surface area contributed by atoms with E-state index in [1.54, 1.807) is 24.3 Å². The molecule has 9 heteroatoms. The largest absolute Gasteiger partial charge is 0.279 e. The van der Waals surface area contributed by atoms with Crippen molar-refractivity contribution in [1.82, 2.24) is 14.5 Å². The Bertz CT molecular complexity index is 584. The van der Waals surface area contributed by atoms with Crippen LogP contribution in [0, 0.1) is 0 Å². The Morgan fingerprint density at radius 3 is 2.50 bits per heavy atom. The standard InChI is InChI=1S/C11H15ClN4O3S/c1-16(2)20(18,19)14-8-11(17)15-13-7-9-3-5-10(12)6-4-9/h3-7,14H,8H2,1-2H3,(H,15,17)/b13-7+. The highest BCUT2D eigenvalue weighted by Crippen LogP contribution is 2.07. The normalized spacial score (nSPS) is 12.0. The van der Waals surface area contributed by atoms with Crippen LogP contribution in [-0.2, 0) is 15.0 Å². The molecule has 0 atom stereocenters. The second-order valence-electron chi connectivity index (χ2n) is 3.95. The summed E-state index contributed by atoms with van der Waals surface area (Å²) in [6, 6.07) is 6.84. The van der Waals surface area contributed by atoms with Gasteiger partial charge in [-0.15, -0.1) is 0 Å². The van der Waals surface area contributed by atoms with E-state index in [0.717, 1.165) is 9.87 Å². The zero-order chi connectivity index (χ0) is 15.2. The van der Waals surface area contributed by atoms with Gasteiger partial charge in [0.2, 0.25) is 0 Å². The van der Waals surface area contributed by atoms with Gasteiger partial charge in [-0.05, 0) is 17.7 Å². The molecule has 0 saturated carbocycles. The first-order chi connectivity index (χ1) is 9.31. The van der Waals surface area contributed by atoms with E-state index in [2.05, 4.69) is 15.2 Å². The lowest BCUT2D eigenvalue weighted by Crippen LogP contribution is -2.41. The Morgan fingerprint density at radius 1 is 1.35 bits per heavy atom. The maximum atomic E-state index is 11.4. The van der Waals surface area contributed by atoms with Crippen LogP contribution < -0.4 is 10.1 Å². The fourth-order valence-corrected chi connectivity index (χ4v) is 1.75. The van der Waals surface area contributed by atoms with E-state index >= 15 is 0 Å². The summed E-state index contributed by atoms with van der Waals surface area (Å²) < 4.78 is 25.8. The molecular weight excluding hydrogens is 304 g/mol. The monoisotopic (exact) mass is 318 g/mol. The van der Waals surface area contributed by atoms with Crippen molar-refractivity contribution in [3.05, 3.63) is 34.9 Å². The average molecular weight is 319 g/mol. The van der Waals surface area contributed by atoms with E-state index in [1.165, 1.54) is 20.3 Å². The van der Waals surface area contributed by atoms with Crippen LogP contribution in [0.25, 0.3) is 0 Å². The van der Waals surface area contributed by atoms with Crippen molar-refractivity contribution < 1.29 is 13.2 Å². The van der Waals surface area contributed by atoms with Crippen molar-refractivity contribution in [1.29, 1.82) is 0 Å². The summed E-state index contributed by atoms with van der Waals surface area (Å²) in [5.74, 6) is -0.569. The van der Waals surface area contributed by atoms with E-state index < -0.39 is 22.7 Å². The van der Waals surface area contributed by atoms with Gasteiger partial charge in [0.25, 0.3) is 16.1 Å². The number of rotatable bonds is 6. The Labute approximate surface area is 122 Å². The minimum absolute atomic E-state index is 0.390. The van der Waals surface area contributed by atoms with Crippen molar-refractivity contribution >= 4 is 33.9 Å². The molecule has 2 N–H and O–H groups in total. The SMILES string of the molecule is CN(C)S(=O)(=O)NCC(=O)N/N=C/c1ccc(Cl)cc1. The molecule has 0 fully saturated rings. The molecule has 110 valence electrons. The van der Waals surface area contributed by atoms with E-state index in [0.29, 0.717) is 5.02 Å². The summed E-state index contributed by atoms with van der Waals surface area (Å²) in [4.78, 5) is 11.4. The first kappa shape index (κ1) is 16.6. The van der Waals surface area contributed by atoms with Crippen molar-refractivity contribution in [3.8, 4) is 0 Å². The molecule has 0 bridgehead atoms. The second-order valence-corrected chi connectivity index (χ2v) is 6.36. The summed E-state index contributed by atoms with van der Waals surface area (Å²) >= 11 is 5.72. The third kappa shape index (κ3) is 5.66. The molecule has 0 saturated heterocycles. The summed E-state index contributed by atoms with van der Waals surface area (Å²) in [5.41, 5.74) is 2.96. The molecule has 0 unspecified atom stereocenters. The number of nitrogens with zero attached hydrogens (tertiary/aromatic N) is 2. The smallest absolute Gasteiger partial charge is 0.272 e. The molecule has 0 aliphatic carbocycles. The molecule has 1 aromatic carbocycles. The highest BCUT2D eigenvalue weighted by Gasteiger charge is 2.13. The molecule has 0 spiro atoms. The predicted octanol–water partition coefficient (Wildman–Crippen LogP) is 0.186. The molecule has 0 aromatic heterocycles. The summed E-state index contributed by atoms with van der Waals surface area (Å²) in [6.45, 7) is -0.390. The quantitative estimate of drug-likeness (QED) is 0.579. The average Bonchev–Trinajstić information content (AvgIpc) is 2.39. The molecule has 0 heterocycles. The molecule has 1 amide bonds. The van der Waals surface area contributed by atoms with Crippen molar-refractivity contribution in [2.24, 2.45) is 5.10 Å². The third-order valence-corrected chi connectivity index (χ3v) is 3.89. The van der Waals surface area contributed by atoms with Gasteiger partial charge >= 0.3 is 0 Å². The zero-order valence-corrected chi connectivity index (χ0v) is 12.6. The highest BCUT2D eigenvalue weighted by molar-refractivity contribution is 7.87. The lowest BCUT2D eigenvalue weighted by molar-refractivity contribution is -0.119. The molecule has 1 rings (SSSR count). The van der Waals surface area contributed by atoms with Gasteiger partial charge in [0.1, 0.15) is 0 Å². The lowest BCUT2D eigenvalue weighted by atomic mass is 10.2. The van der Waals surface area contributed by atoms with Crippen LogP contribution in [0.15, 0.2) is 29.4 Å². The number of hydrogen-bond acceptors (Lipinski definition) is 4. The number of carbonyl (C=O) groups is 1. The van der Waals surface area contributed by atoms with Gasteiger partial charge in [0.15, 0.2) is 0 Å². The topological polar surface area (TPSA) is 90.9 Å². The maximum absolute atomic E-state index is 11.4. The summed E-state index contributed by atoms with van der Waals surface area (Å²) in [7, 11) is -0.899. The van der Waals surface area contributed by atoms with Crippen molar-refractivity contribution in [2.45, 2.75) is 0 Å². The predicted molar refractivity (Wildman–Crippen MR) is 77.8 cm³/mol. The number of benzene rings is 1. The van der Waals surface area contributed by atoms with Crippen molar-refractivity contribution in [2.75, 3.05) is 20.6 Å². The van der Waals surface area contributed by atoms with Crippen molar-refractivity contribution in [3.63, 3.8) is 0 Å². The number of halogens is 1. The van der Waals surface area contributed by atoms with Gasteiger partial charge in [-0.25, -0.2) is 5.43 Å². The molecular formula is C11H15ClN4O3S. The molecule has 0 radical (unpaired) electrons. The maximum Gasteiger partial charge on any atom is 0.279 e. The fourth-order valence-electron chi connectivity index (χ4n) is 1.05. The van der Waals surface area contributed by atoms with E-state index in [-0.39, 0.29) is 0 Å². The fraction of sp³-hybridized carbons (Fsp3) is 0.273. The van der Waals surface area contributed by atoms with E-state index in [1.807, 2.05) is 0 Å². The van der Waals surface area contributed by atoms with Gasteiger partial charge in [-0.2, -0.15) is 22.5 Å². The summed E-state index contributed by atoms with van der Waals surface area (Å²) in [5, 5.41) is 4.30. The van der Waals surface area contributed by atoms with Crippen LogP contribution in [0.2, 0.25) is 5.02 Å². The Morgan fingerprint density at radius 2 is 1.95 bits per heavy atom. The Kier molecular flexibility index (Phi) is 6.08. The summed E-state index contributed by atoms with van der Waals surface area (Å²) in [6.07, 6.45) is 1.43.